The van der Waals surface area contributed by atoms with Crippen LogP contribution in [0.15, 0.2) is 91.5 Å². The molecule has 2 aliphatic heterocycles. The van der Waals surface area contributed by atoms with Crippen LogP contribution in [-0.4, -0.2) is 37.9 Å². The van der Waals surface area contributed by atoms with E-state index in [1.54, 1.807) is 43.4 Å². The van der Waals surface area contributed by atoms with Crippen molar-refractivity contribution < 1.29 is 19.0 Å². The summed E-state index contributed by atoms with van der Waals surface area (Å²) < 4.78 is 18.9. The number of thiazole rings is 1. The van der Waals surface area contributed by atoms with E-state index in [0.717, 1.165) is 16.1 Å². The maximum Gasteiger partial charge on any atom is 0.338 e. The number of aromatic nitrogens is 1. The first-order valence-corrected chi connectivity index (χ1v) is 15.6. The Hall–Kier alpha value is -4.28. The van der Waals surface area contributed by atoms with E-state index in [2.05, 4.69) is 36.2 Å². The number of fused-ring (bicyclic) bond motifs is 3. The number of rotatable bonds is 7. The molecule has 3 aromatic carbocycles. The summed E-state index contributed by atoms with van der Waals surface area (Å²) in [6.07, 6.45) is 1.89. The van der Waals surface area contributed by atoms with Crippen molar-refractivity contribution in [2.45, 2.75) is 36.6 Å². The molecule has 43 heavy (non-hydrogen) atoms. The third-order valence-electron chi connectivity index (χ3n) is 7.41. The molecule has 1 atom stereocenters. The third kappa shape index (κ3) is 5.14. The molecule has 0 bridgehead atoms. The molecule has 1 aromatic heterocycles. The van der Waals surface area contributed by atoms with Gasteiger partial charge in [0.25, 0.3) is 5.56 Å². The topological polar surface area (TPSA) is 82.4 Å². The Labute approximate surface area is 257 Å². The number of allylic oxidation sites excluding steroid dienone is 1. The van der Waals surface area contributed by atoms with Crippen LogP contribution < -0.4 is 29.3 Å². The summed E-state index contributed by atoms with van der Waals surface area (Å²) in [7, 11) is 3.64. The monoisotopic (exact) mass is 613 g/mol. The van der Waals surface area contributed by atoms with Crippen molar-refractivity contribution >= 4 is 46.5 Å². The molecular formula is C33H31N3O5S2. The number of hydrogen-bond donors (Lipinski definition) is 0. The fraction of sp³-hybridized carbons (Fsp3) is 0.242. The number of ether oxygens (including phenoxy) is 3. The largest absolute Gasteiger partial charge is 0.493 e. The first-order valence-electron chi connectivity index (χ1n) is 14.0. The van der Waals surface area contributed by atoms with Crippen LogP contribution in [0.25, 0.3) is 6.08 Å². The van der Waals surface area contributed by atoms with Crippen LogP contribution in [0.5, 0.6) is 11.5 Å². The molecule has 0 amide bonds. The standard InChI is InChI=1S/C33H31N3O5S2/c1-6-40-25-18-21(13-15-24(25)39-5)30-29(32(38)41-7-2)19(3)34-33-36(30)31(37)28(43-33)17-20-12-14-23-27(16-20)42-26-11-9-8-10-22(26)35(23)4/h8-18,30H,6-7H2,1-5H3/b28-17+/t30-/m0/s1. The van der Waals surface area contributed by atoms with Gasteiger partial charge >= 0.3 is 5.97 Å². The predicted octanol–water partition coefficient (Wildman–Crippen LogP) is 5.44. The highest BCUT2D eigenvalue weighted by molar-refractivity contribution is 7.99. The molecule has 6 rings (SSSR count). The van der Waals surface area contributed by atoms with E-state index in [4.69, 9.17) is 19.2 Å². The van der Waals surface area contributed by atoms with Gasteiger partial charge in [-0.25, -0.2) is 9.79 Å². The van der Waals surface area contributed by atoms with Crippen molar-refractivity contribution in [2.24, 2.45) is 4.99 Å². The van der Waals surface area contributed by atoms with E-state index in [1.165, 1.54) is 21.9 Å². The molecule has 0 aliphatic carbocycles. The molecule has 0 N–H and O–H groups in total. The van der Waals surface area contributed by atoms with Crippen molar-refractivity contribution in [1.29, 1.82) is 0 Å². The summed E-state index contributed by atoms with van der Waals surface area (Å²) in [6, 6.07) is 19.2. The Morgan fingerprint density at radius 3 is 2.56 bits per heavy atom. The number of para-hydroxylation sites is 1. The van der Waals surface area contributed by atoms with Gasteiger partial charge in [0.1, 0.15) is 0 Å². The minimum atomic E-state index is -0.744. The van der Waals surface area contributed by atoms with E-state index in [-0.39, 0.29) is 12.2 Å². The second-order valence-corrected chi connectivity index (χ2v) is 12.1. The molecule has 0 radical (unpaired) electrons. The zero-order chi connectivity index (χ0) is 30.2. The lowest BCUT2D eigenvalue weighted by atomic mass is 9.95. The molecule has 0 spiro atoms. The predicted molar refractivity (Wildman–Crippen MR) is 170 cm³/mol. The van der Waals surface area contributed by atoms with Gasteiger partial charge in [-0.2, -0.15) is 0 Å². The summed E-state index contributed by atoms with van der Waals surface area (Å²) in [6.45, 7) is 6.06. The highest BCUT2D eigenvalue weighted by atomic mass is 32.2. The molecule has 2 aliphatic rings. The number of hydrogen-bond acceptors (Lipinski definition) is 9. The SMILES string of the molecule is CCOC(=O)C1=C(C)N=c2s/c(=C/c3ccc4c(c3)Sc3ccccc3N4C)c(=O)n2[C@H]1c1ccc(OC)c(OCC)c1. The summed E-state index contributed by atoms with van der Waals surface area (Å²) in [5.74, 6) is 0.587. The van der Waals surface area contributed by atoms with Gasteiger partial charge in [0.2, 0.25) is 0 Å². The highest BCUT2D eigenvalue weighted by Crippen LogP contribution is 2.47. The van der Waals surface area contributed by atoms with Gasteiger partial charge in [0, 0.05) is 16.8 Å². The fourth-order valence-electron chi connectivity index (χ4n) is 5.44. The molecule has 0 unspecified atom stereocenters. The highest BCUT2D eigenvalue weighted by Gasteiger charge is 2.34. The second-order valence-electron chi connectivity index (χ2n) is 10.0. The van der Waals surface area contributed by atoms with Gasteiger partial charge in [-0.05, 0) is 74.4 Å². The number of esters is 1. The van der Waals surface area contributed by atoms with E-state index in [1.807, 2.05) is 43.3 Å². The van der Waals surface area contributed by atoms with Crippen LogP contribution in [0.1, 0.15) is 37.9 Å². The van der Waals surface area contributed by atoms with E-state index in [0.29, 0.717) is 44.3 Å². The van der Waals surface area contributed by atoms with E-state index in [9.17, 15) is 9.59 Å². The zero-order valence-electron chi connectivity index (χ0n) is 24.5. The number of benzene rings is 3. The van der Waals surface area contributed by atoms with Gasteiger partial charge in [0.15, 0.2) is 16.3 Å². The van der Waals surface area contributed by atoms with Crippen LogP contribution in [0.4, 0.5) is 11.4 Å². The van der Waals surface area contributed by atoms with Gasteiger partial charge in [-0.3, -0.25) is 9.36 Å². The van der Waals surface area contributed by atoms with Crippen molar-refractivity contribution in [2.75, 3.05) is 32.3 Å². The molecule has 3 heterocycles. The van der Waals surface area contributed by atoms with Crippen molar-refractivity contribution in [3.05, 3.63) is 103 Å². The second kappa shape index (κ2) is 11.8. The lowest BCUT2D eigenvalue weighted by Crippen LogP contribution is -2.40. The van der Waals surface area contributed by atoms with Crippen LogP contribution in [0.3, 0.4) is 0 Å². The molecule has 4 aromatic rings. The average Bonchev–Trinajstić information content (AvgIpc) is 3.30. The van der Waals surface area contributed by atoms with Gasteiger partial charge in [0.05, 0.1) is 53.5 Å². The number of anilines is 2. The lowest BCUT2D eigenvalue weighted by Gasteiger charge is -2.29. The lowest BCUT2D eigenvalue weighted by molar-refractivity contribution is -0.139. The summed E-state index contributed by atoms with van der Waals surface area (Å²) in [4.78, 5) is 37.1. The minimum absolute atomic E-state index is 0.204. The van der Waals surface area contributed by atoms with Crippen LogP contribution in [0, 0.1) is 0 Å². The summed E-state index contributed by atoms with van der Waals surface area (Å²) >= 11 is 3.02. The first kappa shape index (κ1) is 28.8. The van der Waals surface area contributed by atoms with Crippen LogP contribution >= 0.6 is 23.1 Å². The molecule has 220 valence electrons. The Kier molecular flexibility index (Phi) is 7.89. The van der Waals surface area contributed by atoms with E-state index < -0.39 is 12.0 Å². The number of carbonyl (C=O) groups excluding carboxylic acids is 1. The molecule has 10 heteroatoms. The van der Waals surface area contributed by atoms with Gasteiger partial charge in [-0.1, -0.05) is 47.4 Å². The van der Waals surface area contributed by atoms with Crippen molar-refractivity contribution in [1.82, 2.24) is 4.57 Å². The average molecular weight is 614 g/mol. The Morgan fingerprint density at radius 2 is 1.79 bits per heavy atom. The quantitative estimate of drug-likeness (QED) is 0.257. The van der Waals surface area contributed by atoms with Gasteiger partial charge in [-0.15, -0.1) is 0 Å². The smallest absolute Gasteiger partial charge is 0.338 e. The Morgan fingerprint density at radius 1 is 1.00 bits per heavy atom. The van der Waals surface area contributed by atoms with E-state index >= 15 is 0 Å². The number of carbonyl (C=O) groups is 1. The minimum Gasteiger partial charge on any atom is -0.493 e. The maximum absolute atomic E-state index is 14.1. The maximum atomic E-state index is 14.1. The zero-order valence-corrected chi connectivity index (χ0v) is 26.2. The van der Waals surface area contributed by atoms with Crippen LogP contribution in [-0.2, 0) is 9.53 Å². The first-order chi connectivity index (χ1) is 20.8. The van der Waals surface area contributed by atoms with Crippen molar-refractivity contribution in [3.8, 4) is 11.5 Å². The Balaban J connectivity index is 1.48. The summed E-state index contributed by atoms with van der Waals surface area (Å²) in [5.41, 5.74) is 4.48. The fourth-order valence-corrected chi connectivity index (χ4v) is 7.68. The number of methoxy groups -OCH3 is 1. The van der Waals surface area contributed by atoms with Crippen molar-refractivity contribution in [3.63, 3.8) is 0 Å². The molecule has 0 saturated carbocycles. The van der Waals surface area contributed by atoms with Gasteiger partial charge < -0.3 is 19.1 Å². The molecular weight excluding hydrogens is 583 g/mol. The third-order valence-corrected chi connectivity index (χ3v) is 9.50. The molecule has 0 fully saturated rings. The summed E-state index contributed by atoms with van der Waals surface area (Å²) in [5, 5.41) is 0. The molecule has 0 saturated heterocycles. The Bertz CT molecular complexity index is 1960. The normalized spacial score (nSPS) is 15.8. The van der Waals surface area contributed by atoms with Crippen LogP contribution in [0.2, 0.25) is 0 Å². The number of nitrogens with zero attached hydrogens (tertiary/aromatic N) is 3. The molecule has 8 nitrogen and oxygen atoms in total.